The van der Waals surface area contributed by atoms with Crippen LogP contribution in [-0.2, 0) is 16.1 Å². The summed E-state index contributed by atoms with van der Waals surface area (Å²) < 4.78 is 60.3. The Hall–Kier alpha value is -4.66. The summed E-state index contributed by atoms with van der Waals surface area (Å²) in [5.41, 5.74) is -1.95. The van der Waals surface area contributed by atoms with Crippen molar-refractivity contribution < 1.29 is 37.1 Å². The summed E-state index contributed by atoms with van der Waals surface area (Å²) in [6.07, 6.45) is -3.65. The Bertz CT molecular complexity index is 2080. The van der Waals surface area contributed by atoms with Gasteiger partial charge in [0.05, 0.1) is 39.8 Å². The van der Waals surface area contributed by atoms with Crippen LogP contribution in [0.15, 0.2) is 81.7 Å². The molecule has 0 bridgehead atoms. The lowest BCUT2D eigenvalue weighted by atomic mass is 9.95. The minimum atomic E-state index is -5.05. The van der Waals surface area contributed by atoms with Crippen LogP contribution in [0.25, 0.3) is 6.08 Å². The van der Waals surface area contributed by atoms with Crippen LogP contribution in [-0.4, -0.2) is 35.4 Å². The van der Waals surface area contributed by atoms with Crippen LogP contribution in [0.5, 0.6) is 11.5 Å². The van der Waals surface area contributed by atoms with Crippen molar-refractivity contribution in [3.8, 4) is 11.5 Å². The van der Waals surface area contributed by atoms with Gasteiger partial charge in [-0.25, -0.2) is 9.79 Å². The number of rotatable bonds is 9. The third-order valence-electron chi connectivity index (χ3n) is 6.86. The van der Waals surface area contributed by atoms with Crippen molar-refractivity contribution in [2.75, 3.05) is 13.7 Å². The Morgan fingerprint density at radius 2 is 1.81 bits per heavy atom. The van der Waals surface area contributed by atoms with Gasteiger partial charge in [0.1, 0.15) is 6.61 Å². The fourth-order valence-corrected chi connectivity index (χ4v) is 6.19. The second-order valence-corrected chi connectivity index (χ2v) is 11.7. The lowest BCUT2D eigenvalue weighted by Crippen LogP contribution is -2.41. The molecule has 0 amide bonds. The standard InChI is InChI=1S/C31H22Cl2F3N3O7S/c1-3-45-29(41)24-25(18-6-8-19(32)9-7-18)38-28(40)23(47-30(38)37-27(24)31(34,35)36)14-17-12-21(33)26(22(13-17)44-2)46-15-16-4-10-20(11-5-16)39(42)43/h4-14,25H,3,15H2,1-2H3/b23-14-/t25-/m0/s1. The van der Waals surface area contributed by atoms with E-state index < -0.39 is 39.9 Å². The Morgan fingerprint density at radius 1 is 1.13 bits per heavy atom. The van der Waals surface area contributed by atoms with Crippen molar-refractivity contribution >= 4 is 52.3 Å². The first-order valence-electron chi connectivity index (χ1n) is 13.6. The Kier molecular flexibility index (Phi) is 9.75. The van der Waals surface area contributed by atoms with E-state index in [2.05, 4.69) is 4.99 Å². The normalized spacial score (nSPS) is 14.8. The number of halogens is 5. The minimum absolute atomic E-state index is 0.00105. The van der Waals surface area contributed by atoms with Crippen LogP contribution in [0, 0.1) is 10.1 Å². The summed E-state index contributed by atoms with van der Waals surface area (Å²) in [5, 5.41) is 11.3. The van der Waals surface area contributed by atoms with Crippen molar-refractivity contribution in [3.63, 3.8) is 0 Å². The summed E-state index contributed by atoms with van der Waals surface area (Å²) in [5.74, 6) is -0.928. The first-order chi connectivity index (χ1) is 22.3. The second kappa shape index (κ2) is 13.6. The molecule has 5 rings (SSSR count). The average molecular weight is 708 g/mol. The predicted octanol–water partition coefficient (Wildman–Crippen LogP) is 6.14. The third-order valence-corrected chi connectivity index (χ3v) is 8.38. The maximum absolute atomic E-state index is 14.3. The summed E-state index contributed by atoms with van der Waals surface area (Å²) in [6, 6.07) is 12.9. The number of benzene rings is 3. The number of non-ortho nitro benzene ring substituents is 1. The monoisotopic (exact) mass is 707 g/mol. The molecule has 244 valence electrons. The van der Waals surface area contributed by atoms with Crippen LogP contribution >= 0.6 is 34.5 Å². The molecule has 2 heterocycles. The predicted molar refractivity (Wildman–Crippen MR) is 168 cm³/mol. The van der Waals surface area contributed by atoms with Gasteiger partial charge in [-0.05, 0) is 66.1 Å². The number of methoxy groups -OCH3 is 1. The summed E-state index contributed by atoms with van der Waals surface area (Å²) >= 11 is 13.2. The Labute approximate surface area is 277 Å². The van der Waals surface area contributed by atoms with E-state index in [1.54, 1.807) is 0 Å². The van der Waals surface area contributed by atoms with E-state index in [9.17, 15) is 32.9 Å². The molecule has 4 aromatic rings. The second-order valence-electron chi connectivity index (χ2n) is 9.86. The van der Waals surface area contributed by atoms with Crippen LogP contribution in [0.1, 0.15) is 29.7 Å². The smallest absolute Gasteiger partial charge is 0.434 e. The molecule has 10 nitrogen and oxygen atoms in total. The Balaban J connectivity index is 1.60. The van der Waals surface area contributed by atoms with Gasteiger partial charge in [-0.1, -0.05) is 46.7 Å². The molecule has 0 fully saturated rings. The summed E-state index contributed by atoms with van der Waals surface area (Å²) in [7, 11) is 1.36. The van der Waals surface area contributed by atoms with E-state index in [0.717, 1.165) is 4.57 Å². The molecule has 0 saturated carbocycles. The first-order valence-corrected chi connectivity index (χ1v) is 15.2. The van der Waals surface area contributed by atoms with Gasteiger partial charge in [0.25, 0.3) is 11.2 Å². The molecular weight excluding hydrogens is 686 g/mol. The molecule has 16 heteroatoms. The number of thiazole rings is 1. The molecule has 0 saturated heterocycles. The maximum atomic E-state index is 14.3. The number of ether oxygens (including phenoxy) is 3. The third kappa shape index (κ3) is 7.04. The van der Waals surface area contributed by atoms with Crippen molar-refractivity contribution in [2.24, 2.45) is 4.99 Å². The molecule has 1 atom stereocenters. The first kappa shape index (κ1) is 33.7. The summed E-state index contributed by atoms with van der Waals surface area (Å²) in [4.78, 5) is 40.7. The van der Waals surface area contributed by atoms with Gasteiger partial charge < -0.3 is 14.2 Å². The topological polar surface area (TPSA) is 122 Å². The molecule has 1 aliphatic rings. The molecule has 0 unspecified atom stereocenters. The van der Waals surface area contributed by atoms with Crippen molar-refractivity contribution in [2.45, 2.75) is 25.7 Å². The van der Waals surface area contributed by atoms with Gasteiger partial charge >= 0.3 is 12.1 Å². The average Bonchev–Trinajstić information content (AvgIpc) is 3.33. The number of nitro benzene ring substituents is 1. The fourth-order valence-electron chi connectivity index (χ4n) is 4.78. The van der Waals surface area contributed by atoms with Gasteiger partial charge in [-0.3, -0.25) is 19.5 Å². The van der Waals surface area contributed by atoms with Crippen LogP contribution in [0.4, 0.5) is 18.9 Å². The number of carbonyl (C=O) groups is 1. The molecule has 0 spiro atoms. The molecule has 0 radical (unpaired) electrons. The van der Waals surface area contributed by atoms with E-state index in [4.69, 9.17) is 37.4 Å². The zero-order valence-electron chi connectivity index (χ0n) is 24.3. The zero-order valence-corrected chi connectivity index (χ0v) is 26.7. The minimum Gasteiger partial charge on any atom is -0.493 e. The van der Waals surface area contributed by atoms with Gasteiger partial charge in [0.15, 0.2) is 22.0 Å². The van der Waals surface area contributed by atoms with Crippen molar-refractivity contribution in [3.05, 3.63) is 128 Å². The fraction of sp³-hybridized carbons (Fsp3) is 0.194. The van der Waals surface area contributed by atoms with Gasteiger partial charge in [0.2, 0.25) is 0 Å². The highest BCUT2D eigenvalue weighted by atomic mass is 35.5. The van der Waals surface area contributed by atoms with Crippen LogP contribution in [0.3, 0.4) is 0 Å². The Morgan fingerprint density at radius 3 is 2.40 bits per heavy atom. The number of nitro groups is 1. The van der Waals surface area contributed by atoms with E-state index >= 15 is 0 Å². The van der Waals surface area contributed by atoms with Gasteiger partial charge in [-0.2, -0.15) is 13.2 Å². The number of allylic oxidation sites excluding steroid dienone is 1. The highest BCUT2D eigenvalue weighted by Gasteiger charge is 2.45. The number of esters is 1. The van der Waals surface area contributed by atoms with Gasteiger partial charge in [-0.15, -0.1) is 0 Å². The number of hydrogen-bond acceptors (Lipinski definition) is 9. The highest BCUT2D eigenvalue weighted by Crippen LogP contribution is 2.39. The number of aromatic nitrogens is 1. The molecule has 47 heavy (non-hydrogen) atoms. The molecule has 1 aliphatic heterocycles. The molecular formula is C31H22Cl2F3N3O7S. The van der Waals surface area contributed by atoms with Crippen LogP contribution in [0.2, 0.25) is 10.0 Å². The number of alkyl halides is 3. The van der Waals surface area contributed by atoms with E-state index in [0.29, 0.717) is 27.5 Å². The lowest BCUT2D eigenvalue weighted by Gasteiger charge is -2.26. The van der Waals surface area contributed by atoms with E-state index in [1.807, 2.05) is 0 Å². The SMILES string of the molecule is CCOC(=O)C1=C(C(F)(F)F)N=c2s/c(=C\c3cc(Cl)c(OCc4ccc([N+](=O)[O-])cc4)c(OC)c3)c(=O)n2[C@H]1c1ccc(Cl)cc1. The van der Waals surface area contributed by atoms with Crippen molar-refractivity contribution in [1.82, 2.24) is 4.57 Å². The van der Waals surface area contributed by atoms with Gasteiger partial charge in [0, 0.05) is 17.2 Å². The number of nitrogens with zero attached hydrogens (tertiary/aromatic N) is 3. The lowest BCUT2D eigenvalue weighted by molar-refractivity contribution is -0.384. The number of fused-ring (bicyclic) bond motifs is 1. The van der Waals surface area contributed by atoms with Crippen LogP contribution < -0.4 is 24.4 Å². The van der Waals surface area contributed by atoms with Crippen molar-refractivity contribution in [1.29, 1.82) is 0 Å². The number of carbonyl (C=O) groups excluding carboxylic acids is 1. The number of hydrogen-bond donors (Lipinski definition) is 0. The highest BCUT2D eigenvalue weighted by molar-refractivity contribution is 7.07. The van der Waals surface area contributed by atoms with E-state index in [1.165, 1.54) is 80.8 Å². The molecule has 3 aromatic carbocycles. The van der Waals surface area contributed by atoms with E-state index in [-0.39, 0.29) is 50.3 Å². The molecule has 0 N–H and O–H groups in total. The zero-order chi connectivity index (χ0) is 34.0. The quantitative estimate of drug-likeness (QED) is 0.116. The summed E-state index contributed by atoms with van der Waals surface area (Å²) in [6.45, 7) is 1.24. The molecule has 0 aliphatic carbocycles. The largest absolute Gasteiger partial charge is 0.493 e. The maximum Gasteiger partial charge on any atom is 0.434 e. The molecule has 1 aromatic heterocycles.